The first-order valence-corrected chi connectivity index (χ1v) is 12.9. The molecule has 38 heavy (non-hydrogen) atoms. The molecule has 4 aromatic rings. The van der Waals surface area contributed by atoms with Gasteiger partial charge in [-0.3, -0.25) is 4.79 Å². The number of ether oxygens (including phenoxy) is 2. The van der Waals surface area contributed by atoms with Gasteiger partial charge in [0, 0.05) is 18.5 Å². The second-order valence-corrected chi connectivity index (χ2v) is 8.87. The van der Waals surface area contributed by atoms with Crippen molar-refractivity contribution in [3.8, 4) is 17.2 Å². The number of carbonyl (C=O) groups excluding carboxylic acids is 1. The maximum atomic E-state index is 11.8. The summed E-state index contributed by atoms with van der Waals surface area (Å²) in [7, 11) is 0. The number of aryl methyl sites for hydroxylation is 2. The van der Waals surface area contributed by atoms with Gasteiger partial charge in [-0.25, -0.2) is 10.5 Å². The summed E-state index contributed by atoms with van der Waals surface area (Å²) < 4.78 is 17.0. The molecule has 0 aliphatic rings. The van der Waals surface area contributed by atoms with Gasteiger partial charge in [0.05, 0.1) is 25.3 Å². The summed E-state index contributed by atoms with van der Waals surface area (Å²) in [5.74, 6) is 2.02. The molecule has 7 heteroatoms. The van der Waals surface area contributed by atoms with Crippen LogP contribution < -0.4 is 10.2 Å². The zero-order valence-electron chi connectivity index (χ0n) is 21.7. The third-order valence-corrected chi connectivity index (χ3v) is 5.94. The molecule has 7 nitrogen and oxygen atoms in total. The van der Waals surface area contributed by atoms with Crippen molar-refractivity contribution in [3.05, 3.63) is 108 Å². The highest BCUT2D eigenvalue weighted by Crippen LogP contribution is 2.22. The molecule has 0 aliphatic heterocycles. The van der Waals surface area contributed by atoms with Crippen LogP contribution in [0.1, 0.15) is 35.4 Å². The number of aromatic nitrogens is 1. The first kappa shape index (κ1) is 27.1. The standard InChI is InChI=1S/C31H34N2O5/c1-24-29(33-31(38-24)27-12-6-3-7-13-27)18-21-35-28-16-14-25(15-17-28)11-8-20-32-37-22-19-30(34)36-23-26-9-4-2-5-10-26/h2-7,9-10,12-17,32H,8,11,18-23H2,1H3. The van der Waals surface area contributed by atoms with E-state index in [1.165, 1.54) is 5.56 Å². The molecular formula is C31H34N2O5. The van der Waals surface area contributed by atoms with Crippen LogP contribution in [0.4, 0.5) is 0 Å². The monoisotopic (exact) mass is 514 g/mol. The molecule has 0 spiro atoms. The number of oxazole rings is 1. The Morgan fingerprint density at radius 1 is 0.868 bits per heavy atom. The Kier molecular flexibility index (Phi) is 10.5. The van der Waals surface area contributed by atoms with Crippen LogP contribution in [0.3, 0.4) is 0 Å². The summed E-state index contributed by atoms with van der Waals surface area (Å²) >= 11 is 0. The molecule has 0 amide bonds. The number of rotatable bonds is 15. The molecule has 0 aliphatic carbocycles. The molecule has 3 aromatic carbocycles. The number of hydrogen-bond acceptors (Lipinski definition) is 7. The Labute approximate surface area is 223 Å². The lowest BCUT2D eigenvalue weighted by Crippen LogP contribution is -2.19. The third-order valence-electron chi connectivity index (χ3n) is 5.94. The molecule has 1 aromatic heterocycles. The summed E-state index contributed by atoms with van der Waals surface area (Å²) in [6.45, 7) is 3.72. The highest BCUT2D eigenvalue weighted by molar-refractivity contribution is 5.69. The number of hydroxylamine groups is 1. The lowest BCUT2D eigenvalue weighted by atomic mass is 10.1. The quantitative estimate of drug-likeness (QED) is 0.121. The van der Waals surface area contributed by atoms with E-state index in [2.05, 4.69) is 22.6 Å². The van der Waals surface area contributed by atoms with Gasteiger partial charge in [0.1, 0.15) is 18.1 Å². The van der Waals surface area contributed by atoms with Gasteiger partial charge >= 0.3 is 5.97 Å². The van der Waals surface area contributed by atoms with Crippen LogP contribution in [-0.2, 0) is 33.8 Å². The van der Waals surface area contributed by atoms with Crippen LogP contribution in [0.25, 0.3) is 11.5 Å². The van der Waals surface area contributed by atoms with Crippen molar-refractivity contribution >= 4 is 5.97 Å². The normalized spacial score (nSPS) is 10.9. The first-order chi connectivity index (χ1) is 18.7. The molecular weight excluding hydrogens is 480 g/mol. The predicted octanol–water partition coefficient (Wildman–Crippen LogP) is 5.86. The lowest BCUT2D eigenvalue weighted by Gasteiger charge is -2.08. The van der Waals surface area contributed by atoms with Gasteiger partial charge in [-0.05, 0) is 55.2 Å². The molecule has 0 saturated heterocycles. The van der Waals surface area contributed by atoms with Gasteiger partial charge < -0.3 is 18.7 Å². The fraction of sp³-hybridized carbons (Fsp3) is 0.290. The van der Waals surface area contributed by atoms with Crippen LogP contribution in [0, 0.1) is 6.92 Å². The molecule has 0 bridgehead atoms. The number of hydrogen-bond donors (Lipinski definition) is 1. The maximum Gasteiger partial charge on any atom is 0.308 e. The number of benzene rings is 3. The van der Waals surface area contributed by atoms with Gasteiger partial charge in [-0.1, -0.05) is 60.7 Å². The molecule has 0 fully saturated rings. The zero-order chi connectivity index (χ0) is 26.4. The second kappa shape index (κ2) is 14.7. The molecule has 0 saturated carbocycles. The van der Waals surface area contributed by atoms with Crippen molar-refractivity contribution in [2.24, 2.45) is 0 Å². The van der Waals surface area contributed by atoms with E-state index < -0.39 is 0 Å². The molecule has 198 valence electrons. The van der Waals surface area contributed by atoms with E-state index in [9.17, 15) is 4.79 Å². The van der Waals surface area contributed by atoms with Crippen molar-refractivity contribution in [3.63, 3.8) is 0 Å². The van der Waals surface area contributed by atoms with Crippen molar-refractivity contribution in [1.29, 1.82) is 0 Å². The Morgan fingerprint density at radius 2 is 1.61 bits per heavy atom. The summed E-state index contributed by atoms with van der Waals surface area (Å²) in [6, 6.07) is 27.7. The summed E-state index contributed by atoms with van der Waals surface area (Å²) in [6.07, 6.45) is 2.72. The smallest absolute Gasteiger partial charge is 0.308 e. The van der Waals surface area contributed by atoms with Crippen LogP contribution >= 0.6 is 0 Å². The van der Waals surface area contributed by atoms with Crippen molar-refractivity contribution in [2.45, 2.75) is 39.2 Å². The largest absolute Gasteiger partial charge is 0.493 e. The number of nitrogens with zero attached hydrogens (tertiary/aromatic N) is 1. The van der Waals surface area contributed by atoms with Crippen LogP contribution in [0.5, 0.6) is 5.75 Å². The van der Waals surface area contributed by atoms with Crippen molar-refractivity contribution in [1.82, 2.24) is 10.5 Å². The van der Waals surface area contributed by atoms with Crippen LogP contribution in [0.15, 0.2) is 89.3 Å². The van der Waals surface area contributed by atoms with Gasteiger partial charge in [-0.2, -0.15) is 0 Å². The fourth-order valence-electron chi connectivity index (χ4n) is 3.84. The molecule has 1 heterocycles. The van der Waals surface area contributed by atoms with Gasteiger partial charge in [-0.15, -0.1) is 0 Å². The SMILES string of the molecule is Cc1oc(-c2ccccc2)nc1CCOc1ccc(CCCNOCCC(=O)OCc2ccccc2)cc1. The van der Waals surface area contributed by atoms with E-state index in [0.29, 0.717) is 25.5 Å². The number of carbonyl (C=O) groups is 1. The van der Waals surface area contributed by atoms with E-state index in [-0.39, 0.29) is 25.6 Å². The first-order valence-electron chi connectivity index (χ1n) is 12.9. The highest BCUT2D eigenvalue weighted by atomic mass is 16.6. The van der Waals surface area contributed by atoms with E-state index in [0.717, 1.165) is 41.2 Å². The average Bonchev–Trinajstić information content (AvgIpc) is 3.33. The summed E-state index contributed by atoms with van der Waals surface area (Å²) in [5.41, 5.74) is 6.99. The molecule has 0 unspecified atom stereocenters. The van der Waals surface area contributed by atoms with E-state index >= 15 is 0 Å². The maximum absolute atomic E-state index is 11.8. The molecule has 0 atom stereocenters. The Bertz CT molecular complexity index is 1240. The second-order valence-electron chi connectivity index (χ2n) is 8.87. The fourth-order valence-corrected chi connectivity index (χ4v) is 3.84. The summed E-state index contributed by atoms with van der Waals surface area (Å²) in [4.78, 5) is 21.8. The topological polar surface area (TPSA) is 82.8 Å². The minimum absolute atomic E-state index is 0.214. The Hall–Kier alpha value is -3.94. The third kappa shape index (κ3) is 8.87. The average molecular weight is 515 g/mol. The van der Waals surface area contributed by atoms with Gasteiger partial charge in [0.15, 0.2) is 0 Å². The van der Waals surface area contributed by atoms with E-state index in [1.807, 2.05) is 79.7 Å². The molecule has 0 radical (unpaired) electrons. The highest BCUT2D eigenvalue weighted by Gasteiger charge is 2.11. The lowest BCUT2D eigenvalue weighted by molar-refractivity contribution is -0.146. The van der Waals surface area contributed by atoms with Crippen LogP contribution in [0.2, 0.25) is 0 Å². The molecule has 1 N–H and O–H groups in total. The minimum Gasteiger partial charge on any atom is -0.493 e. The Morgan fingerprint density at radius 3 is 2.37 bits per heavy atom. The van der Waals surface area contributed by atoms with Gasteiger partial charge in [0.2, 0.25) is 5.89 Å². The van der Waals surface area contributed by atoms with Crippen molar-refractivity contribution < 1.29 is 23.5 Å². The predicted molar refractivity (Wildman–Crippen MR) is 145 cm³/mol. The molecule has 4 rings (SSSR count). The van der Waals surface area contributed by atoms with Gasteiger partial charge in [0.25, 0.3) is 0 Å². The minimum atomic E-state index is -0.272. The van der Waals surface area contributed by atoms with E-state index in [1.54, 1.807) is 0 Å². The van der Waals surface area contributed by atoms with Crippen LogP contribution in [-0.4, -0.2) is 30.7 Å². The Balaban J connectivity index is 1.05. The number of nitrogens with one attached hydrogen (secondary N) is 1. The zero-order valence-corrected chi connectivity index (χ0v) is 21.7. The van der Waals surface area contributed by atoms with E-state index in [4.69, 9.17) is 18.7 Å². The summed E-state index contributed by atoms with van der Waals surface area (Å²) in [5, 5.41) is 0. The van der Waals surface area contributed by atoms with Crippen molar-refractivity contribution in [2.75, 3.05) is 19.8 Å². The number of esters is 1.